The van der Waals surface area contributed by atoms with Crippen molar-refractivity contribution in [3.05, 3.63) is 53.6 Å². The van der Waals surface area contributed by atoms with Crippen molar-refractivity contribution in [2.24, 2.45) is 5.41 Å². The molecule has 268 valence electrons. The van der Waals surface area contributed by atoms with Crippen molar-refractivity contribution in [2.45, 2.75) is 107 Å². The summed E-state index contributed by atoms with van der Waals surface area (Å²) < 4.78 is 39.2. The standard InChI is InChI=1S/C35H53N3O9S/c1-6-9-16-35(8-3)21-48(44,45)27-15-14-24(38(4)5)19-25(27)28(32(35)42)22-12-11-13-23(18-22)36-34(43)37-33-30(41)31(46-17-10-7-2)29(40)26(20-39)47-33/h11-15,18-19,26,28-33,39-42H,6-10,16-17,20-21H2,1-5H3,(H2,36,37,43)/t26-,28-,29-,30-,31+,32-,33-,35-/m1/s1. The summed E-state index contributed by atoms with van der Waals surface area (Å²) in [5, 5.41) is 48.8. The van der Waals surface area contributed by atoms with Crippen LogP contribution in [0.25, 0.3) is 0 Å². The number of carbonyl (C=O) groups is 1. The fraction of sp³-hybridized carbons (Fsp3) is 0.629. The van der Waals surface area contributed by atoms with Crippen LogP contribution in [0.15, 0.2) is 47.4 Å². The molecule has 2 heterocycles. The number of amides is 2. The van der Waals surface area contributed by atoms with Gasteiger partial charge in [-0.3, -0.25) is 0 Å². The highest BCUT2D eigenvalue weighted by Gasteiger charge is 2.49. The molecule has 2 amide bonds. The van der Waals surface area contributed by atoms with Gasteiger partial charge in [0.1, 0.15) is 24.4 Å². The average molecular weight is 692 g/mol. The zero-order valence-electron chi connectivity index (χ0n) is 28.6. The Bertz CT molecular complexity index is 1490. The SMILES string of the molecule is CCCCO[C@@H]1[C@@H](O)[C@H](NC(=O)Nc2cccc([C@@H]3c4cc(N(C)C)ccc4S(=O)(=O)C[C@@](CC)(CCCC)[C@@H]3O)c2)O[C@H](CO)[C@H]1O. The third kappa shape index (κ3) is 8.15. The van der Waals surface area contributed by atoms with Crippen molar-refractivity contribution in [3.8, 4) is 0 Å². The van der Waals surface area contributed by atoms with Gasteiger partial charge in [-0.25, -0.2) is 13.2 Å². The number of hydrogen-bond acceptors (Lipinski definition) is 10. The van der Waals surface area contributed by atoms with Gasteiger partial charge in [-0.2, -0.15) is 0 Å². The van der Waals surface area contributed by atoms with Gasteiger partial charge >= 0.3 is 6.03 Å². The first-order chi connectivity index (χ1) is 22.8. The van der Waals surface area contributed by atoms with Crippen LogP contribution in [0, 0.1) is 5.41 Å². The van der Waals surface area contributed by atoms with Crippen molar-refractivity contribution >= 4 is 27.2 Å². The Morgan fingerprint density at radius 3 is 2.42 bits per heavy atom. The van der Waals surface area contributed by atoms with Gasteiger partial charge in [-0.15, -0.1) is 0 Å². The number of urea groups is 1. The first-order valence-electron chi connectivity index (χ1n) is 17.0. The quantitative estimate of drug-likeness (QED) is 0.171. The monoisotopic (exact) mass is 691 g/mol. The maximum atomic E-state index is 14.0. The van der Waals surface area contributed by atoms with Crippen molar-refractivity contribution < 1.29 is 43.1 Å². The van der Waals surface area contributed by atoms with Crippen LogP contribution in [-0.2, 0) is 19.3 Å². The number of fused-ring (bicyclic) bond motifs is 1. The number of anilines is 2. The lowest BCUT2D eigenvalue weighted by molar-refractivity contribution is -0.245. The van der Waals surface area contributed by atoms with E-state index in [1.807, 2.05) is 51.9 Å². The van der Waals surface area contributed by atoms with E-state index in [-0.39, 0.29) is 17.3 Å². The van der Waals surface area contributed by atoms with Crippen LogP contribution in [0.4, 0.5) is 16.2 Å². The van der Waals surface area contributed by atoms with Crippen LogP contribution in [0.1, 0.15) is 76.3 Å². The van der Waals surface area contributed by atoms with Gasteiger partial charge in [0.2, 0.25) is 0 Å². The van der Waals surface area contributed by atoms with Gasteiger partial charge in [0.05, 0.1) is 23.4 Å². The Kier molecular flexibility index (Phi) is 12.9. The maximum absolute atomic E-state index is 14.0. The molecule has 48 heavy (non-hydrogen) atoms. The van der Waals surface area contributed by atoms with Crippen LogP contribution in [-0.4, -0.2) is 105 Å². The zero-order chi connectivity index (χ0) is 35.2. The molecule has 2 aromatic rings. The highest BCUT2D eigenvalue weighted by atomic mass is 32.2. The number of benzene rings is 2. The van der Waals surface area contributed by atoms with Crippen LogP contribution in [0.3, 0.4) is 0 Å². The largest absolute Gasteiger partial charge is 0.394 e. The molecule has 8 atom stereocenters. The lowest BCUT2D eigenvalue weighted by atomic mass is 9.69. The summed E-state index contributed by atoms with van der Waals surface area (Å²) in [6.07, 6.45) is -3.01. The molecule has 4 rings (SSSR count). The van der Waals surface area contributed by atoms with E-state index in [0.29, 0.717) is 36.1 Å². The number of nitrogens with zero attached hydrogens (tertiary/aromatic N) is 1. The Morgan fingerprint density at radius 1 is 1.04 bits per heavy atom. The molecule has 0 unspecified atom stereocenters. The molecular formula is C35H53N3O9S. The van der Waals surface area contributed by atoms with Gasteiger partial charge in [-0.05, 0) is 60.7 Å². The molecular weight excluding hydrogens is 638 g/mol. The Morgan fingerprint density at radius 2 is 1.77 bits per heavy atom. The molecule has 0 aliphatic carbocycles. The Labute approximate surface area is 284 Å². The van der Waals surface area contributed by atoms with Crippen molar-refractivity contribution in [1.82, 2.24) is 5.32 Å². The summed E-state index contributed by atoms with van der Waals surface area (Å²) in [5.74, 6) is -0.880. The molecule has 12 nitrogen and oxygen atoms in total. The smallest absolute Gasteiger partial charge is 0.321 e. The van der Waals surface area contributed by atoms with E-state index in [9.17, 15) is 33.6 Å². The molecule has 2 aliphatic rings. The van der Waals surface area contributed by atoms with E-state index >= 15 is 0 Å². The van der Waals surface area contributed by atoms with E-state index in [0.717, 1.165) is 24.9 Å². The van der Waals surface area contributed by atoms with Crippen LogP contribution >= 0.6 is 0 Å². The highest BCUT2D eigenvalue weighted by molar-refractivity contribution is 7.91. The first-order valence-corrected chi connectivity index (χ1v) is 18.6. The number of ether oxygens (including phenoxy) is 2. The lowest BCUT2D eigenvalue weighted by Crippen LogP contribution is -2.64. The minimum Gasteiger partial charge on any atom is -0.394 e. The third-order valence-electron chi connectivity index (χ3n) is 9.78. The number of rotatable bonds is 13. The predicted molar refractivity (Wildman–Crippen MR) is 184 cm³/mol. The van der Waals surface area contributed by atoms with E-state index in [1.165, 1.54) is 0 Å². The predicted octanol–water partition coefficient (Wildman–Crippen LogP) is 3.37. The Hall–Kier alpha value is -2.78. The van der Waals surface area contributed by atoms with E-state index < -0.39 is 70.6 Å². The molecule has 0 aromatic heterocycles. The maximum Gasteiger partial charge on any atom is 0.321 e. The number of nitrogens with one attached hydrogen (secondary N) is 2. The lowest BCUT2D eigenvalue weighted by Gasteiger charge is -2.42. The second-order valence-electron chi connectivity index (χ2n) is 13.3. The van der Waals surface area contributed by atoms with Crippen LogP contribution < -0.4 is 15.5 Å². The number of sulfone groups is 1. The van der Waals surface area contributed by atoms with Crippen molar-refractivity contribution in [2.75, 3.05) is 43.3 Å². The number of carbonyl (C=O) groups excluding carboxylic acids is 1. The fourth-order valence-electron chi connectivity index (χ4n) is 6.88. The Balaban J connectivity index is 1.67. The molecule has 0 spiro atoms. The molecule has 6 N–H and O–H groups in total. The van der Waals surface area contributed by atoms with Crippen molar-refractivity contribution in [1.29, 1.82) is 0 Å². The van der Waals surface area contributed by atoms with E-state index in [4.69, 9.17) is 9.47 Å². The molecule has 2 aromatic carbocycles. The topological polar surface area (TPSA) is 178 Å². The first kappa shape index (κ1) is 38.0. The summed E-state index contributed by atoms with van der Waals surface area (Å²) in [5.41, 5.74) is 1.40. The van der Waals surface area contributed by atoms with Gasteiger partial charge in [0, 0.05) is 43.4 Å². The normalized spacial score (nSPS) is 29.8. The summed E-state index contributed by atoms with van der Waals surface area (Å²) in [6.45, 7) is 5.68. The molecule has 2 aliphatic heterocycles. The number of hydrogen-bond donors (Lipinski definition) is 6. The minimum atomic E-state index is -3.76. The van der Waals surface area contributed by atoms with E-state index in [2.05, 4.69) is 10.6 Å². The molecule has 1 saturated heterocycles. The van der Waals surface area contributed by atoms with Crippen LogP contribution in [0.2, 0.25) is 0 Å². The molecule has 13 heteroatoms. The second-order valence-corrected chi connectivity index (χ2v) is 15.2. The van der Waals surface area contributed by atoms with Crippen molar-refractivity contribution in [3.63, 3.8) is 0 Å². The fourth-order valence-corrected chi connectivity index (χ4v) is 9.13. The van der Waals surface area contributed by atoms with E-state index in [1.54, 1.807) is 30.3 Å². The molecule has 0 saturated carbocycles. The van der Waals surface area contributed by atoms with Gasteiger partial charge in [0.15, 0.2) is 16.1 Å². The molecule has 0 radical (unpaired) electrons. The molecule has 0 bridgehead atoms. The number of unbranched alkanes of at least 4 members (excludes halogenated alkanes) is 2. The third-order valence-corrected chi connectivity index (χ3v) is 11.8. The van der Waals surface area contributed by atoms with Gasteiger partial charge < -0.3 is 45.4 Å². The van der Waals surface area contributed by atoms with Gasteiger partial charge in [-0.1, -0.05) is 52.2 Å². The minimum absolute atomic E-state index is 0.167. The highest BCUT2D eigenvalue weighted by Crippen LogP contribution is 2.49. The molecule has 1 fully saturated rings. The summed E-state index contributed by atoms with van der Waals surface area (Å²) in [4.78, 5) is 15.3. The number of aliphatic hydroxyl groups excluding tert-OH is 4. The summed E-state index contributed by atoms with van der Waals surface area (Å²) in [7, 11) is -0.0201. The summed E-state index contributed by atoms with van der Waals surface area (Å²) in [6, 6.07) is 11.4. The van der Waals surface area contributed by atoms with Crippen LogP contribution in [0.5, 0.6) is 0 Å². The summed E-state index contributed by atoms with van der Waals surface area (Å²) >= 11 is 0. The number of aliphatic hydroxyl groups is 4. The average Bonchev–Trinajstić information content (AvgIpc) is 3.12. The zero-order valence-corrected chi connectivity index (χ0v) is 29.4. The van der Waals surface area contributed by atoms with Gasteiger partial charge in [0.25, 0.3) is 0 Å². The second kappa shape index (κ2) is 16.3.